The molecule has 6 nitrogen and oxygen atoms in total. The van der Waals surface area contributed by atoms with Gasteiger partial charge in [0.2, 0.25) is 11.9 Å². The number of para-hydroxylation sites is 5. The van der Waals surface area contributed by atoms with Gasteiger partial charge in [-0.1, -0.05) is 121 Å². The van der Waals surface area contributed by atoms with E-state index < -0.39 is 0 Å². The highest BCUT2D eigenvalue weighted by atomic mass is 32.2. The molecule has 4 aromatic heterocycles. The van der Waals surface area contributed by atoms with E-state index >= 15 is 0 Å². The molecule has 0 spiro atoms. The number of rotatable bonds is 3. The Bertz CT molecular complexity index is 2880. The Morgan fingerprint density at radius 1 is 0.417 bits per heavy atom. The van der Waals surface area contributed by atoms with Crippen molar-refractivity contribution >= 4 is 66.4 Å². The fourth-order valence-corrected chi connectivity index (χ4v) is 8.63. The van der Waals surface area contributed by atoms with E-state index in [1.165, 1.54) is 26.1 Å². The first-order valence-electron chi connectivity index (χ1n) is 16.0. The van der Waals surface area contributed by atoms with Crippen LogP contribution < -0.4 is 0 Å². The Morgan fingerprint density at radius 3 is 1.73 bits per heavy atom. The van der Waals surface area contributed by atoms with Gasteiger partial charge in [-0.15, -0.1) is 0 Å². The molecule has 1 aliphatic heterocycles. The third-order valence-electron chi connectivity index (χ3n) is 9.50. The molecule has 5 heterocycles. The molecular weight excluding hydrogens is 609 g/mol. The van der Waals surface area contributed by atoms with Crippen LogP contribution in [0.5, 0.6) is 0 Å². The molecule has 0 unspecified atom stereocenters. The largest absolute Gasteiger partial charge is 0.293 e. The maximum absolute atomic E-state index is 5.37. The summed E-state index contributed by atoms with van der Waals surface area (Å²) < 4.78 is 6.83. The molecule has 0 N–H and O–H groups in total. The lowest BCUT2D eigenvalue weighted by Gasteiger charge is -2.20. The average Bonchev–Trinajstić information content (AvgIpc) is 3.79. The molecule has 48 heavy (non-hydrogen) atoms. The first-order chi connectivity index (χ1) is 23.8. The van der Waals surface area contributed by atoms with E-state index in [0.717, 1.165) is 49.6 Å². The van der Waals surface area contributed by atoms with E-state index in [1.807, 2.05) is 30.0 Å². The van der Waals surface area contributed by atoms with Gasteiger partial charge in [0, 0.05) is 42.3 Å². The zero-order valence-corrected chi connectivity index (χ0v) is 26.3. The fourth-order valence-electron chi connectivity index (χ4n) is 7.54. The van der Waals surface area contributed by atoms with Crippen molar-refractivity contribution in [2.75, 3.05) is 0 Å². The van der Waals surface area contributed by atoms with Crippen LogP contribution in [0.15, 0.2) is 155 Å². The van der Waals surface area contributed by atoms with Crippen molar-refractivity contribution in [1.82, 2.24) is 28.7 Å². The number of hydrogen-bond donors (Lipinski definition) is 0. The summed E-state index contributed by atoms with van der Waals surface area (Å²) in [5, 5.41) is 5.90. The SMILES string of the molecule is c1ccc(-c2nc(-n3c4ccccc4c4ccccc43)nc(-n3c4ccccc4c4c5cccc6c5n(c43)-c3ccccc3S6)n2)cc1. The molecule has 0 aliphatic carbocycles. The van der Waals surface area contributed by atoms with Crippen molar-refractivity contribution in [3.8, 4) is 29.0 Å². The molecule has 0 fully saturated rings. The number of fused-ring (bicyclic) bond motifs is 10. The Balaban J connectivity index is 1.32. The van der Waals surface area contributed by atoms with E-state index in [-0.39, 0.29) is 0 Å². The minimum Gasteiger partial charge on any atom is -0.293 e. The van der Waals surface area contributed by atoms with Crippen molar-refractivity contribution in [2.45, 2.75) is 9.79 Å². The van der Waals surface area contributed by atoms with Crippen molar-refractivity contribution in [3.63, 3.8) is 0 Å². The summed E-state index contributed by atoms with van der Waals surface area (Å²) in [5.74, 6) is 1.77. The van der Waals surface area contributed by atoms with Gasteiger partial charge in [-0.3, -0.25) is 13.7 Å². The molecule has 224 valence electrons. The van der Waals surface area contributed by atoms with Crippen LogP contribution in [0.4, 0.5) is 0 Å². The second-order valence-electron chi connectivity index (χ2n) is 12.1. The molecule has 10 aromatic rings. The maximum Gasteiger partial charge on any atom is 0.241 e. The first kappa shape index (κ1) is 25.9. The lowest BCUT2D eigenvalue weighted by molar-refractivity contribution is 0.881. The highest BCUT2D eigenvalue weighted by Gasteiger charge is 2.29. The van der Waals surface area contributed by atoms with Crippen molar-refractivity contribution in [1.29, 1.82) is 0 Å². The van der Waals surface area contributed by atoms with E-state index in [2.05, 4.69) is 141 Å². The van der Waals surface area contributed by atoms with Gasteiger partial charge in [-0.2, -0.15) is 15.0 Å². The van der Waals surface area contributed by atoms with Gasteiger partial charge in [0.25, 0.3) is 0 Å². The van der Waals surface area contributed by atoms with E-state index in [1.54, 1.807) is 0 Å². The monoisotopic (exact) mass is 632 g/mol. The zero-order chi connectivity index (χ0) is 31.3. The lowest BCUT2D eigenvalue weighted by atomic mass is 10.1. The molecule has 1 aliphatic rings. The summed E-state index contributed by atoms with van der Waals surface area (Å²) in [5.41, 5.74) is 7.50. The molecule has 0 radical (unpaired) electrons. The Morgan fingerprint density at radius 2 is 0.979 bits per heavy atom. The Kier molecular flexibility index (Phi) is 5.23. The molecule has 0 saturated heterocycles. The molecule has 0 bridgehead atoms. The normalized spacial score (nSPS) is 12.5. The van der Waals surface area contributed by atoms with E-state index in [4.69, 9.17) is 15.0 Å². The standard InChI is InChI=1S/C41H24N6S/c1-2-13-25(14-3-1)38-42-40(45-30-19-7-4-15-26(30)27-16-5-8-20-31(27)45)44-41(43-38)47-32-21-9-6-17-28(32)36-29-18-12-24-35-37(29)46(39(36)47)33-22-10-11-23-34(33)48-35/h1-24H. The van der Waals surface area contributed by atoms with Crippen LogP contribution in [0, 0.1) is 0 Å². The van der Waals surface area contributed by atoms with Gasteiger partial charge in [-0.25, -0.2) is 0 Å². The van der Waals surface area contributed by atoms with Crippen LogP contribution >= 0.6 is 11.8 Å². The summed E-state index contributed by atoms with van der Waals surface area (Å²) >= 11 is 1.83. The Labute approximate surface area is 278 Å². The summed E-state index contributed by atoms with van der Waals surface area (Å²) in [6.45, 7) is 0. The number of aromatic nitrogens is 6. The summed E-state index contributed by atoms with van der Waals surface area (Å²) in [6, 6.07) is 51.1. The number of nitrogens with zero attached hydrogens (tertiary/aromatic N) is 6. The van der Waals surface area contributed by atoms with Gasteiger partial charge in [0.15, 0.2) is 5.82 Å². The maximum atomic E-state index is 5.37. The second kappa shape index (κ2) is 9.67. The van der Waals surface area contributed by atoms with Gasteiger partial charge in [0.05, 0.1) is 27.8 Å². The van der Waals surface area contributed by atoms with Crippen molar-refractivity contribution in [2.24, 2.45) is 0 Å². The van der Waals surface area contributed by atoms with Gasteiger partial charge in [0.1, 0.15) is 5.65 Å². The van der Waals surface area contributed by atoms with Crippen LogP contribution in [0.2, 0.25) is 0 Å². The Hall–Kier alpha value is -6.18. The molecule has 6 aromatic carbocycles. The average molecular weight is 633 g/mol. The smallest absolute Gasteiger partial charge is 0.241 e. The zero-order valence-electron chi connectivity index (χ0n) is 25.4. The molecular formula is C41H24N6S. The van der Waals surface area contributed by atoms with Crippen LogP contribution in [-0.4, -0.2) is 28.7 Å². The van der Waals surface area contributed by atoms with Crippen LogP contribution in [0.1, 0.15) is 0 Å². The van der Waals surface area contributed by atoms with E-state index in [9.17, 15) is 0 Å². The fraction of sp³-hybridized carbons (Fsp3) is 0. The number of hydrogen-bond acceptors (Lipinski definition) is 4. The summed E-state index contributed by atoms with van der Waals surface area (Å²) in [7, 11) is 0. The first-order valence-corrected chi connectivity index (χ1v) is 16.8. The highest BCUT2D eigenvalue weighted by molar-refractivity contribution is 7.99. The molecule has 0 saturated carbocycles. The minimum atomic E-state index is 0.572. The predicted molar refractivity (Wildman–Crippen MR) is 195 cm³/mol. The molecule has 11 rings (SSSR count). The summed E-state index contributed by atoms with van der Waals surface area (Å²) in [4.78, 5) is 18.3. The van der Waals surface area contributed by atoms with E-state index in [0.29, 0.717) is 17.7 Å². The quantitative estimate of drug-likeness (QED) is 0.195. The third-order valence-corrected chi connectivity index (χ3v) is 10.6. The van der Waals surface area contributed by atoms with Crippen molar-refractivity contribution in [3.05, 3.63) is 146 Å². The topological polar surface area (TPSA) is 53.5 Å². The second-order valence-corrected chi connectivity index (χ2v) is 13.2. The van der Waals surface area contributed by atoms with Crippen LogP contribution in [-0.2, 0) is 0 Å². The van der Waals surface area contributed by atoms with Gasteiger partial charge >= 0.3 is 0 Å². The van der Waals surface area contributed by atoms with Gasteiger partial charge in [-0.05, 0) is 36.4 Å². The third kappa shape index (κ3) is 3.45. The van der Waals surface area contributed by atoms with Gasteiger partial charge < -0.3 is 0 Å². The van der Waals surface area contributed by atoms with Crippen LogP contribution in [0.25, 0.3) is 83.6 Å². The molecule has 0 atom stereocenters. The molecule has 7 heteroatoms. The summed E-state index contributed by atoms with van der Waals surface area (Å²) in [6.07, 6.45) is 0. The predicted octanol–water partition coefficient (Wildman–Crippen LogP) is 10.1. The highest BCUT2D eigenvalue weighted by Crippen LogP contribution is 2.49. The van der Waals surface area contributed by atoms with Crippen LogP contribution in [0.3, 0.4) is 0 Å². The molecule has 0 amide bonds. The lowest BCUT2D eigenvalue weighted by Crippen LogP contribution is -2.12. The minimum absolute atomic E-state index is 0.572. The number of benzene rings is 6. The van der Waals surface area contributed by atoms with Crippen molar-refractivity contribution < 1.29 is 0 Å².